The summed E-state index contributed by atoms with van der Waals surface area (Å²) in [5.41, 5.74) is 1.80. The number of hydrogen-bond donors (Lipinski definition) is 1. The first-order valence-electron chi connectivity index (χ1n) is 6.48. The van der Waals surface area contributed by atoms with Gasteiger partial charge >= 0.3 is 0 Å². The molecule has 0 radical (unpaired) electrons. The Kier molecular flexibility index (Phi) is 3.84. The van der Waals surface area contributed by atoms with Crippen molar-refractivity contribution in [1.29, 1.82) is 0 Å². The van der Waals surface area contributed by atoms with Crippen LogP contribution in [0.4, 0.5) is 0 Å². The molecule has 0 aromatic heterocycles. The van der Waals surface area contributed by atoms with Gasteiger partial charge in [0.15, 0.2) is 0 Å². The van der Waals surface area contributed by atoms with E-state index in [1.807, 2.05) is 11.8 Å². The summed E-state index contributed by atoms with van der Waals surface area (Å²) in [5, 5.41) is 11.1. The maximum Gasteiger partial charge on any atom is 0.101 e. The first kappa shape index (κ1) is 13.0. The van der Waals surface area contributed by atoms with E-state index < -0.39 is 5.60 Å². The number of aliphatic hydroxyl groups is 1. The summed E-state index contributed by atoms with van der Waals surface area (Å²) in [5.74, 6) is 1.73. The molecule has 1 saturated heterocycles. The first-order valence-corrected chi connectivity index (χ1v) is 7.53. The summed E-state index contributed by atoms with van der Waals surface area (Å²) in [4.78, 5) is 0. The third kappa shape index (κ3) is 2.53. The molecule has 1 fully saturated rings. The van der Waals surface area contributed by atoms with Crippen LogP contribution in [0.15, 0.2) is 24.3 Å². The number of thioether (sulfide) groups is 1. The van der Waals surface area contributed by atoms with E-state index >= 15 is 0 Å². The van der Waals surface area contributed by atoms with E-state index in [0.717, 1.165) is 18.4 Å². The zero-order valence-electron chi connectivity index (χ0n) is 10.9. The van der Waals surface area contributed by atoms with Crippen LogP contribution in [0, 0.1) is 0 Å². The Bertz CT molecular complexity index is 371. The minimum atomic E-state index is -0.627. The smallest absolute Gasteiger partial charge is 0.101 e. The van der Waals surface area contributed by atoms with Crippen molar-refractivity contribution in [2.75, 3.05) is 5.75 Å². The van der Waals surface area contributed by atoms with Gasteiger partial charge in [0.25, 0.3) is 0 Å². The van der Waals surface area contributed by atoms with Gasteiger partial charge in [-0.05, 0) is 35.6 Å². The lowest BCUT2D eigenvalue weighted by Crippen LogP contribution is -2.38. The Labute approximate surface area is 109 Å². The fourth-order valence-corrected chi connectivity index (χ4v) is 3.67. The molecule has 0 saturated carbocycles. The van der Waals surface area contributed by atoms with Crippen molar-refractivity contribution in [2.45, 2.75) is 50.4 Å². The highest BCUT2D eigenvalue weighted by Crippen LogP contribution is 2.41. The fourth-order valence-electron chi connectivity index (χ4n) is 2.48. The normalized spacial score (nSPS) is 29.6. The quantitative estimate of drug-likeness (QED) is 0.858. The van der Waals surface area contributed by atoms with Gasteiger partial charge in [-0.2, -0.15) is 11.8 Å². The van der Waals surface area contributed by atoms with Gasteiger partial charge in [0.05, 0.1) is 0 Å². The van der Waals surface area contributed by atoms with E-state index in [1.54, 1.807) is 0 Å². The number of benzene rings is 1. The van der Waals surface area contributed by atoms with Gasteiger partial charge in [-0.3, -0.25) is 0 Å². The van der Waals surface area contributed by atoms with E-state index in [9.17, 15) is 5.11 Å². The average molecular weight is 250 g/mol. The van der Waals surface area contributed by atoms with Crippen LogP contribution in [-0.2, 0) is 5.60 Å². The van der Waals surface area contributed by atoms with E-state index in [4.69, 9.17) is 0 Å². The van der Waals surface area contributed by atoms with Crippen LogP contribution in [0.25, 0.3) is 0 Å². The van der Waals surface area contributed by atoms with Crippen LogP contribution in [0.2, 0.25) is 0 Å². The van der Waals surface area contributed by atoms with Gasteiger partial charge < -0.3 is 5.11 Å². The van der Waals surface area contributed by atoms with Crippen LogP contribution < -0.4 is 0 Å². The highest BCUT2D eigenvalue weighted by atomic mass is 32.2. The maximum atomic E-state index is 10.8. The second-order valence-electron chi connectivity index (χ2n) is 5.32. The summed E-state index contributed by atoms with van der Waals surface area (Å²) >= 11 is 1.88. The van der Waals surface area contributed by atoms with Gasteiger partial charge in [0.1, 0.15) is 5.60 Å². The average Bonchev–Trinajstić information content (AvgIpc) is 2.33. The SMILES string of the molecule is CC(C)c1ccc(C2(O)CCCSC2C)cc1. The van der Waals surface area contributed by atoms with Gasteiger partial charge in [-0.1, -0.05) is 45.0 Å². The molecular formula is C15H22OS. The second kappa shape index (κ2) is 5.03. The molecule has 0 aliphatic carbocycles. The minimum absolute atomic E-state index is 0.293. The monoisotopic (exact) mass is 250 g/mol. The van der Waals surface area contributed by atoms with Crippen LogP contribution in [0.1, 0.15) is 50.7 Å². The fraction of sp³-hybridized carbons (Fsp3) is 0.600. The molecule has 0 amide bonds. The Hall–Kier alpha value is -0.470. The molecule has 1 aliphatic rings. The van der Waals surface area contributed by atoms with Crippen molar-refractivity contribution in [3.63, 3.8) is 0 Å². The predicted molar refractivity (Wildman–Crippen MR) is 75.6 cm³/mol. The molecule has 94 valence electrons. The van der Waals surface area contributed by atoms with Crippen molar-refractivity contribution < 1.29 is 5.11 Å². The molecule has 1 N–H and O–H groups in total. The second-order valence-corrected chi connectivity index (χ2v) is 6.77. The van der Waals surface area contributed by atoms with Crippen molar-refractivity contribution in [3.05, 3.63) is 35.4 Å². The Morgan fingerprint density at radius 3 is 2.47 bits per heavy atom. The number of rotatable bonds is 2. The molecule has 2 rings (SSSR count). The van der Waals surface area contributed by atoms with Gasteiger partial charge in [-0.25, -0.2) is 0 Å². The zero-order chi connectivity index (χ0) is 12.5. The topological polar surface area (TPSA) is 20.2 Å². The lowest BCUT2D eigenvalue weighted by molar-refractivity contribution is 0.0254. The summed E-state index contributed by atoms with van der Waals surface area (Å²) in [6.07, 6.45) is 2.00. The van der Waals surface area contributed by atoms with E-state index in [0.29, 0.717) is 11.2 Å². The Morgan fingerprint density at radius 2 is 1.94 bits per heavy atom. The van der Waals surface area contributed by atoms with Crippen molar-refractivity contribution >= 4 is 11.8 Å². The molecule has 17 heavy (non-hydrogen) atoms. The Balaban J connectivity index is 2.26. The van der Waals surface area contributed by atoms with Crippen molar-refractivity contribution in [3.8, 4) is 0 Å². The van der Waals surface area contributed by atoms with Crippen molar-refractivity contribution in [1.82, 2.24) is 0 Å². The molecule has 1 heterocycles. The third-order valence-corrected chi connectivity index (χ3v) is 5.23. The first-order chi connectivity index (χ1) is 8.04. The lowest BCUT2D eigenvalue weighted by atomic mass is 9.85. The summed E-state index contributed by atoms with van der Waals surface area (Å²) in [7, 11) is 0. The largest absolute Gasteiger partial charge is 0.384 e. The van der Waals surface area contributed by atoms with Gasteiger partial charge in [0, 0.05) is 5.25 Å². The lowest BCUT2D eigenvalue weighted by Gasteiger charge is -2.38. The van der Waals surface area contributed by atoms with Crippen LogP contribution >= 0.6 is 11.8 Å². The van der Waals surface area contributed by atoms with Crippen LogP contribution in [-0.4, -0.2) is 16.1 Å². The maximum absolute atomic E-state index is 10.8. The highest BCUT2D eigenvalue weighted by molar-refractivity contribution is 8.00. The van der Waals surface area contributed by atoms with Crippen LogP contribution in [0.5, 0.6) is 0 Å². The molecule has 1 aliphatic heterocycles. The molecular weight excluding hydrogens is 228 g/mol. The molecule has 1 aromatic carbocycles. The van der Waals surface area contributed by atoms with Gasteiger partial charge in [0.2, 0.25) is 0 Å². The van der Waals surface area contributed by atoms with E-state index in [2.05, 4.69) is 45.0 Å². The minimum Gasteiger partial charge on any atom is -0.384 e. The van der Waals surface area contributed by atoms with E-state index in [-0.39, 0.29) is 0 Å². The molecule has 1 aromatic rings. The summed E-state index contributed by atoms with van der Waals surface area (Å²) < 4.78 is 0. The molecule has 0 bridgehead atoms. The van der Waals surface area contributed by atoms with Crippen molar-refractivity contribution in [2.24, 2.45) is 0 Å². The molecule has 0 spiro atoms. The molecule has 2 unspecified atom stereocenters. The standard InChI is InChI=1S/C15H22OS/c1-11(2)13-5-7-14(8-6-13)15(16)9-4-10-17-12(15)3/h5-8,11-12,16H,4,9-10H2,1-3H3. The number of hydrogen-bond acceptors (Lipinski definition) is 2. The molecule has 2 atom stereocenters. The highest BCUT2D eigenvalue weighted by Gasteiger charge is 2.38. The zero-order valence-corrected chi connectivity index (χ0v) is 11.8. The third-order valence-electron chi connectivity index (χ3n) is 3.82. The molecule has 2 heteroatoms. The van der Waals surface area contributed by atoms with E-state index in [1.165, 1.54) is 11.3 Å². The summed E-state index contributed by atoms with van der Waals surface area (Å²) in [6.45, 7) is 6.53. The van der Waals surface area contributed by atoms with Gasteiger partial charge in [-0.15, -0.1) is 0 Å². The Morgan fingerprint density at radius 1 is 1.29 bits per heavy atom. The summed E-state index contributed by atoms with van der Waals surface area (Å²) in [6, 6.07) is 8.53. The van der Waals surface area contributed by atoms with Crippen LogP contribution in [0.3, 0.4) is 0 Å². The molecule has 1 nitrogen and oxygen atoms in total. The predicted octanol–water partition coefficient (Wildman–Crippen LogP) is 3.91.